The van der Waals surface area contributed by atoms with Crippen LogP contribution in [0.2, 0.25) is 0 Å². The Hall–Kier alpha value is -1.91. The molecule has 0 aliphatic rings. The molecule has 0 spiro atoms. The van der Waals surface area contributed by atoms with Gasteiger partial charge in [-0.2, -0.15) is 8.42 Å². The number of aromatic amines is 1. The molecule has 0 radical (unpaired) electrons. The molecule has 8 nitrogen and oxygen atoms in total. The maximum absolute atomic E-state index is 12.0. The number of aromatic nitrogens is 2. The van der Waals surface area contributed by atoms with E-state index in [0.717, 1.165) is 6.20 Å². The van der Waals surface area contributed by atoms with E-state index in [1.165, 1.54) is 24.5 Å². The van der Waals surface area contributed by atoms with E-state index < -0.39 is 20.0 Å². The summed E-state index contributed by atoms with van der Waals surface area (Å²) in [5.74, 6) is 0. The van der Waals surface area contributed by atoms with Crippen molar-refractivity contribution in [1.82, 2.24) is 9.97 Å². The van der Waals surface area contributed by atoms with Crippen molar-refractivity contribution in [2.75, 3.05) is 4.72 Å². The van der Waals surface area contributed by atoms with Crippen molar-refractivity contribution in [1.29, 1.82) is 0 Å². The second kappa shape index (κ2) is 4.89. The van der Waals surface area contributed by atoms with E-state index in [1.807, 2.05) is 0 Å². The van der Waals surface area contributed by atoms with Crippen molar-refractivity contribution in [3.8, 4) is 0 Å². The van der Waals surface area contributed by atoms with Crippen LogP contribution in [0.1, 0.15) is 5.56 Å². The molecule has 1 heterocycles. The van der Waals surface area contributed by atoms with Gasteiger partial charge in [0, 0.05) is 0 Å². The van der Waals surface area contributed by atoms with E-state index in [9.17, 15) is 16.8 Å². The lowest BCUT2D eigenvalue weighted by atomic mass is 10.2. The quantitative estimate of drug-likeness (QED) is 0.738. The molecule has 20 heavy (non-hydrogen) atoms. The highest BCUT2D eigenvalue weighted by Gasteiger charge is 2.18. The number of benzene rings is 1. The third kappa shape index (κ3) is 2.98. The second-order valence-electron chi connectivity index (χ2n) is 4.04. The van der Waals surface area contributed by atoms with Crippen molar-refractivity contribution in [2.45, 2.75) is 16.8 Å². The van der Waals surface area contributed by atoms with E-state index in [4.69, 9.17) is 5.14 Å². The number of imidazole rings is 1. The first-order valence-electron chi connectivity index (χ1n) is 5.35. The predicted octanol–water partition coefficient (Wildman–Crippen LogP) is 0.166. The van der Waals surface area contributed by atoms with Crippen LogP contribution < -0.4 is 9.86 Å². The number of H-pyrrole nitrogens is 1. The van der Waals surface area contributed by atoms with Crippen LogP contribution in [-0.4, -0.2) is 26.8 Å². The Morgan fingerprint density at radius 1 is 1.25 bits per heavy atom. The number of nitrogens with two attached hydrogens (primary N) is 1. The Kier molecular flexibility index (Phi) is 3.54. The molecule has 0 amide bonds. The number of rotatable bonds is 4. The molecule has 0 aliphatic carbocycles. The smallest absolute Gasteiger partial charge is 0.278 e. The molecule has 10 heteroatoms. The van der Waals surface area contributed by atoms with Gasteiger partial charge in [-0.15, -0.1) is 0 Å². The zero-order chi connectivity index (χ0) is 15.0. The summed E-state index contributed by atoms with van der Waals surface area (Å²) >= 11 is 0. The van der Waals surface area contributed by atoms with Crippen LogP contribution in [-0.2, 0) is 20.0 Å². The van der Waals surface area contributed by atoms with Crippen molar-refractivity contribution in [3.05, 3.63) is 36.3 Å². The van der Waals surface area contributed by atoms with Gasteiger partial charge in [0.2, 0.25) is 10.0 Å². The molecular weight excluding hydrogens is 304 g/mol. The number of primary sulfonamides is 1. The first-order valence-corrected chi connectivity index (χ1v) is 8.38. The topological polar surface area (TPSA) is 135 Å². The third-order valence-corrected chi connectivity index (χ3v) is 4.75. The second-order valence-corrected chi connectivity index (χ2v) is 7.26. The molecular formula is C10H12N4O4S2. The molecule has 1 aromatic carbocycles. The summed E-state index contributed by atoms with van der Waals surface area (Å²) in [4.78, 5) is 5.90. The molecule has 1 aromatic heterocycles. The minimum atomic E-state index is -3.91. The highest BCUT2D eigenvalue weighted by Crippen LogP contribution is 2.22. The molecule has 4 N–H and O–H groups in total. The largest absolute Gasteiger partial charge is 0.334 e. The molecule has 0 saturated heterocycles. The van der Waals surface area contributed by atoms with E-state index in [-0.39, 0.29) is 15.6 Å². The maximum Gasteiger partial charge on any atom is 0.278 e. The maximum atomic E-state index is 12.0. The zero-order valence-corrected chi connectivity index (χ0v) is 12.0. The van der Waals surface area contributed by atoms with Gasteiger partial charge in [-0.1, -0.05) is 6.07 Å². The number of aryl methyl sites for hydroxylation is 1. The molecule has 0 fully saturated rings. The Bertz CT molecular complexity index is 826. The minimum absolute atomic E-state index is 0.127. The van der Waals surface area contributed by atoms with Crippen LogP contribution in [0.3, 0.4) is 0 Å². The summed E-state index contributed by atoms with van der Waals surface area (Å²) < 4.78 is 48.9. The normalized spacial score (nSPS) is 12.3. The SMILES string of the molecule is Cc1ccc(S(N)(=O)=O)cc1NS(=O)(=O)c1cnc[nH]1. The summed E-state index contributed by atoms with van der Waals surface area (Å²) in [5, 5.41) is 4.89. The summed E-state index contributed by atoms with van der Waals surface area (Å²) in [6.07, 6.45) is 2.36. The van der Waals surface area contributed by atoms with Gasteiger partial charge in [-0.05, 0) is 24.6 Å². The van der Waals surface area contributed by atoms with Gasteiger partial charge in [0.05, 0.1) is 23.1 Å². The molecule has 0 unspecified atom stereocenters. The lowest BCUT2D eigenvalue weighted by Gasteiger charge is -2.10. The van der Waals surface area contributed by atoms with Gasteiger partial charge in [-0.25, -0.2) is 18.5 Å². The van der Waals surface area contributed by atoms with Crippen LogP contribution in [0, 0.1) is 6.92 Å². The first-order chi connectivity index (χ1) is 9.20. The highest BCUT2D eigenvalue weighted by molar-refractivity contribution is 7.92. The number of hydrogen-bond donors (Lipinski definition) is 3. The number of sulfonamides is 2. The molecule has 0 bridgehead atoms. The average molecular weight is 316 g/mol. The number of hydrogen-bond acceptors (Lipinski definition) is 5. The summed E-state index contributed by atoms with van der Waals surface area (Å²) in [5.41, 5.74) is 0.687. The van der Waals surface area contributed by atoms with Crippen molar-refractivity contribution < 1.29 is 16.8 Å². The van der Waals surface area contributed by atoms with E-state index >= 15 is 0 Å². The van der Waals surface area contributed by atoms with Gasteiger partial charge >= 0.3 is 0 Å². The molecule has 0 aliphatic heterocycles. The van der Waals surface area contributed by atoms with Crippen LogP contribution in [0.25, 0.3) is 0 Å². The predicted molar refractivity (Wildman–Crippen MR) is 71.9 cm³/mol. The average Bonchev–Trinajstić information content (AvgIpc) is 2.84. The number of nitrogens with zero attached hydrogens (tertiary/aromatic N) is 1. The third-order valence-electron chi connectivity index (χ3n) is 2.54. The molecule has 2 aromatic rings. The molecule has 2 rings (SSSR count). The summed E-state index contributed by atoms with van der Waals surface area (Å²) in [7, 11) is -7.76. The number of nitrogens with one attached hydrogen (secondary N) is 2. The minimum Gasteiger partial charge on any atom is -0.334 e. The van der Waals surface area contributed by atoms with Gasteiger partial charge in [0.25, 0.3) is 10.0 Å². The van der Waals surface area contributed by atoms with E-state index in [2.05, 4.69) is 14.7 Å². The Morgan fingerprint density at radius 3 is 2.50 bits per heavy atom. The molecule has 108 valence electrons. The van der Waals surface area contributed by atoms with E-state index in [1.54, 1.807) is 6.92 Å². The Morgan fingerprint density at radius 2 is 1.95 bits per heavy atom. The van der Waals surface area contributed by atoms with Crippen LogP contribution in [0.5, 0.6) is 0 Å². The summed E-state index contributed by atoms with van der Waals surface area (Å²) in [6, 6.07) is 3.93. The van der Waals surface area contributed by atoms with Gasteiger partial charge in [0.1, 0.15) is 0 Å². The van der Waals surface area contributed by atoms with Crippen molar-refractivity contribution >= 4 is 25.7 Å². The summed E-state index contributed by atoms with van der Waals surface area (Å²) in [6.45, 7) is 1.64. The van der Waals surface area contributed by atoms with E-state index in [0.29, 0.717) is 5.56 Å². The Labute approximate surface area is 116 Å². The van der Waals surface area contributed by atoms with Crippen molar-refractivity contribution in [3.63, 3.8) is 0 Å². The van der Waals surface area contributed by atoms with Crippen molar-refractivity contribution in [2.24, 2.45) is 5.14 Å². The molecule has 0 saturated carbocycles. The Balaban J connectivity index is 2.44. The first kappa shape index (κ1) is 14.5. The zero-order valence-electron chi connectivity index (χ0n) is 10.4. The monoisotopic (exact) mass is 316 g/mol. The number of anilines is 1. The lowest BCUT2D eigenvalue weighted by molar-refractivity contribution is 0.595. The van der Waals surface area contributed by atoms with Crippen LogP contribution in [0.4, 0.5) is 5.69 Å². The fourth-order valence-corrected chi connectivity index (χ4v) is 3.04. The fourth-order valence-electron chi connectivity index (χ4n) is 1.48. The van der Waals surface area contributed by atoms with Crippen LogP contribution in [0.15, 0.2) is 40.6 Å². The molecule has 0 atom stereocenters. The lowest BCUT2D eigenvalue weighted by Crippen LogP contribution is -2.16. The van der Waals surface area contributed by atoms with Crippen LogP contribution >= 0.6 is 0 Å². The van der Waals surface area contributed by atoms with Gasteiger partial charge in [0.15, 0.2) is 5.03 Å². The fraction of sp³-hybridized carbons (Fsp3) is 0.100. The highest BCUT2D eigenvalue weighted by atomic mass is 32.2. The van der Waals surface area contributed by atoms with Gasteiger partial charge in [-0.3, -0.25) is 4.72 Å². The standard InChI is InChI=1S/C10H12N4O4S2/c1-7-2-3-8(19(11,15)16)4-9(7)14-20(17,18)10-5-12-6-13-10/h2-6,14H,1H3,(H,12,13)(H2,11,15,16). The van der Waals surface area contributed by atoms with Gasteiger partial charge < -0.3 is 4.98 Å².